The number of para-hydroxylation sites is 1. The summed E-state index contributed by atoms with van der Waals surface area (Å²) in [6.07, 6.45) is 2.57. The van der Waals surface area contributed by atoms with Gasteiger partial charge in [-0.3, -0.25) is 9.69 Å². The van der Waals surface area contributed by atoms with Crippen LogP contribution in [0.3, 0.4) is 0 Å². The summed E-state index contributed by atoms with van der Waals surface area (Å²) in [5.74, 6) is 0.518. The minimum absolute atomic E-state index is 0.0990. The summed E-state index contributed by atoms with van der Waals surface area (Å²) in [6.45, 7) is 3.23. The molecule has 2 aliphatic heterocycles. The Hall–Kier alpha value is -3.37. The molecule has 4 heterocycles. The number of aromatic nitrogens is 3. The number of ether oxygens (including phenoxy) is 2. The molecule has 0 radical (unpaired) electrons. The van der Waals surface area contributed by atoms with E-state index < -0.39 is 5.60 Å². The second-order valence-corrected chi connectivity index (χ2v) is 8.24. The van der Waals surface area contributed by atoms with E-state index >= 15 is 0 Å². The van der Waals surface area contributed by atoms with Crippen LogP contribution < -0.4 is 21.9 Å². The van der Waals surface area contributed by atoms with Crippen LogP contribution in [0, 0.1) is 0 Å². The molecular formula is C21H25N7O3. The zero-order valence-corrected chi connectivity index (χ0v) is 17.1. The lowest BCUT2D eigenvalue weighted by molar-refractivity contribution is -0.118. The van der Waals surface area contributed by atoms with E-state index in [1.165, 1.54) is 0 Å². The van der Waals surface area contributed by atoms with E-state index in [0.717, 1.165) is 28.6 Å². The van der Waals surface area contributed by atoms with Crippen molar-refractivity contribution in [3.05, 3.63) is 41.6 Å². The van der Waals surface area contributed by atoms with Gasteiger partial charge in [-0.2, -0.15) is 9.97 Å². The average molecular weight is 423 g/mol. The van der Waals surface area contributed by atoms with Crippen LogP contribution in [-0.2, 0) is 29.0 Å². The number of fused-ring (bicyclic) bond motifs is 2. The minimum atomic E-state index is -0.596. The zero-order chi connectivity index (χ0) is 21.6. The second-order valence-electron chi connectivity index (χ2n) is 8.24. The van der Waals surface area contributed by atoms with Gasteiger partial charge in [0.15, 0.2) is 5.60 Å². The number of carbonyl (C=O) groups is 1. The molecule has 1 amide bonds. The first kappa shape index (κ1) is 19.6. The van der Waals surface area contributed by atoms with Crippen LogP contribution in [0.1, 0.15) is 11.1 Å². The van der Waals surface area contributed by atoms with E-state index in [4.69, 9.17) is 26.7 Å². The van der Waals surface area contributed by atoms with Gasteiger partial charge in [0.25, 0.3) is 0 Å². The smallest absolute Gasteiger partial charge is 0.237 e. The summed E-state index contributed by atoms with van der Waals surface area (Å²) in [6, 6.07) is 8.01. The summed E-state index contributed by atoms with van der Waals surface area (Å²) in [4.78, 5) is 22.1. The summed E-state index contributed by atoms with van der Waals surface area (Å²) >= 11 is 0. The third-order valence-electron chi connectivity index (χ3n) is 5.85. The van der Waals surface area contributed by atoms with E-state index in [-0.39, 0.29) is 18.4 Å². The van der Waals surface area contributed by atoms with Crippen molar-refractivity contribution in [1.29, 1.82) is 0 Å². The number of nitrogens with zero attached hydrogens (tertiary/aromatic N) is 4. The highest BCUT2D eigenvalue weighted by Crippen LogP contribution is 2.38. The molecule has 1 saturated heterocycles. The van der Waals surface area contributed by atoms with Gasteiger partial charge < -0.3 is 31.2 Å². The van der Waals surface area contributed by atoms with Gasteiger partial charge in [-0.15, -0.1) is 0 Å². The summed E-state index contributed by atoms with van der Waals surface area (Å²) in [5.41, 5.74) is 19.5. The Morgan fingerprint density at radius 3 is 2.90 bits per heavy atom. The molecule has 1 fully saturated rings. The Labute approximate surface area is 178 Å². The molecule has 5 rings (SSSR count). The SMILES string of the molecule is NC(=O)Cn1cc(CN2CCOC[C@@]3(Cc4c(N)nc(N)nc4O3)C2)c2ccccc21. The highest BCUT2D eigenvalue weighted by Gasteiger charge is 2.44. The topological polar surface area (TPSA) is 148 Å². The maximum atomic E-state index is 11.5. The predicted molar refractivity (Wildman–Crippen MR) is 115 cm³/mol. The number of benzene rings is 1. The maximum absolute atomic E-state index is 11.5. The molecule has 1 aromatic carbocycles. The number of hydrogen-bond donors (Lipinski definition) is 3. The zero-order valence-electron chi connectivity index (χ0n) is 17.1. The molecule has 2 aliphatic rings. The first-order valence-electron chi connectivity index (χ1n) is 10.2. The Bertz CT molecular complexity index is 1160. The number of nitrogen functional groups attached to an aromatic ring is 2. The van der Waals surface area contributed by atoms with Crippen molar-refractivity contribution in [2.24, 2.45) is 5.73 Å². The van der Waals surface area contributed by atoms with Crippen LogP contribution in [0.4, 0.5) is 11.8 Å². The van der Waals surface area contributed by atoms with Gasteiger partial charge in [0.05, 0.1) is 18.8 Å². The lowest BCUT2D eigenvalue weighted by Crippen LogP contribution is -2.48. The van der Waals surface area contributed by atoms with Crippen molar-refractivity contribution in [1.82, 2.24) is 19.4 Å². The highest BCUT2D eigenvalue weighted by atomic mass is 16.6. The third-order valence-corrected chi connectivity index (χ3v) is 5.85. The maximum Gasteiger partial charge on any atom is 0.237 e. The number of rotatable bonds is 4. The summed E-state index contributed by atoms with van der Waals surface area (Å²) in [7, 11) is 0. The van der Waals surface area contributed by atoms with Crippen molar-refractivity contribution in [3.8, 4) is 5.88 Å². The standard InChI is InChI=1S/C21H25N7O3/c22-17(29)10-28-9-13(14-3-1-2-4-16(14)28)8-27-5-6-30-12-21(11-27)7-15-18(23)25-20(24)26-19(15)31-21/h1-4,9H,5-8,10-12H2,(H2,22,29)(H4,23,24,25,26)/t21-/m1/s1. The van der Waals surface area contributed by atoms with E-state index in [2.05, 4.69) is 20.9 Å². The molecule has 1 atom stereocenters. The number of nitrogens with two attached hydrogens (primary N) is 3. The third kappa shape index (κ3) is 3.64. The second kappa shape index (κ2) is 7.40. The van der Waals surface area contributed by atoms with Crippen LogP contribution in [-0.4, -0.2) is 57.2 Å². The fourth-order valence-electron chi connectivity index (χ4n) is 4.59. The number of primary amides is 1. The summed E-state index contributed by atoms with van der Waals surface area (Å²) < 4.78 is 14.0. The van der Waals surface area contributed by atoms with E-state index in [1.807, 2.05) is 29.0 Å². The van der Waals surface area contributed by atoms with E-state index in [0.29, 0.717) is 44.4 Å². The number of carbonyl (C=O) groups excluding carboxylic acids is 1. The molecule has 10 nitrogen and oxygen atoms in total. The highest BCUT2D eigenvalue weighted by molar-refractivity contribution is 5.85. The van der Waals surface area contributed by atoms with Gasteiger partial charge in [0.1, 0.15) is 12.4 Å². The van der Waals surface area contributed by atoms with E-state index in [9.17, 15) is 4.79 Å². The van der Waals surface area contributed by atoms with Crippen LogP contribution in [0.25, 0.3) is 10.9 Å². The Balaban J connectivity index is 1.42. The first-order valence-corrected chi connectivity index (χ1v) is 10.2. The van der Waals surface area contributed by atoms with Crippen molar-refractivity contribution in [2.45, 2.75) is 25.1 Å². The van der Waals surface area contributed by atoms with Gasteiger partial charge >= 0.3 is 0 Å². The van der Waals surface area contributed by atoms with E-state index in [1.54, 1.807) is 0 Å². The van der Waals surface area contributed by atoms with Crippen molar-refractivity contribution in [2.75, 3.05) is 37.8 Å². The quantitative estimate of drug-likeness (QED) is 0.542. The fraction of sp³-hybridized carbons (Fsp3) is 0.381. The monoisotopic (exact) mass is 423 g/mol. The van der Waals surface area contributed by atoms with Gasteiger partial charge in [-0.25, -0.2) is 0 Å². The number of hydrogen-bond acceptors (Lipinski definition) is 8. The predicted octanol–water partition coefficient (Wildman–Crippen LogP) is 0.287. The largest absolute Gasteiger partial charge is 0.466 e. The number of anilines is 2. The molecule has 2 aromatic heterocycles. The van der Waals surface area contributed by atoms with Crippen molar-refractivity contribution in [3.63, 3.8) is 0 Å². The first-order chi connectivity index (χ1) is 14.9. The molecule has 0 saturated carbocycles. The molecule has 0 aliphatic carbocycles. The average Bonchev–Trinajstić information content (AvgIpc) is 3.16. The molecule has 1 spiro atoms. The van der Waals surface area contributed by atoms with Gasteiger partial charge in [0.2, 0.25) is 17.7 Å². The molecule has 3 aromatic rings. The molecule has 0 bridgehead atoms. The Morgan fingerprint density at radius 1 is 1.23 bits per heavy atom. The Kier molecular flexibility index (Phi) is 4.67. The molecular weight excluding hydrogens is 398 g/mol. The fourth-order valence-corrected chi connectivity index (χ4v) is 4.59. The van der Waals surface area contributed by atoms with Crippen LogP contribution in [0.15, 0.2) is 30.5 Å². The van der Waals surface area contributed by atoms with Gasteiger partial charge in [0, 0.05) is 43.2 Å². The van der Waals surface area contributed by atoms with Gasteiger partial charge in [-0.1, -0.05) is 18.2 Å². The normalized spacial score (nSPS) is 21.2. The molecule has 10 heteroatoms. The lowest BCUT2D eigenvalue weighted by atomic mass is 9.97. The minimum Gasteiger partial charge on any atom is -0.466 e. The van der Waals surface area contributed by atoms with Crippen LogP contribution in [0.5, 0.6) is 5.88 Å². The van der Waals surface area contributed by atoms with Crippen LogP contribution >= 0.6 is 0 Å². The molecule has 0 unspecified atom stereocenters. The van der Waals surface area contributed by atoms with Crippen molar-refractivity contribution >= 4 is 28.6 Å². The molecule has 162 valence electrons. The molecule has 6 N–H and O–H groups in total. The Morgan fingerprint density at radius 2 is 2.06 bits per heavy atom. The van der Waals surface area contributed by atoms with Crippen molar-refractivity contribution < 1.29 is 14.3 Å². The lowest BCUT2D eigenvalue weighted by Gasteiger charge is -2.30. The number of amides is 1. The molecule has 31 heavy (non-hydrogen) atoms. The van der Waals surface area contributed by atoms with Crippen LogP contribution in [0.2, 0.25) is 0 Å². The summed E-state index contributed by atoms with van der Waals surface area (Å²) in [5, 5.41) is 1.10. The van der Waals surface area contributed by atoms with Gasteiger partial charge in [-0.05, 0) is 11.6 Å².